The van der Waals surface area contributed by atoms with Crippen LogP contribution in [0.4, 0.5) is 0 Å². The zero-order valence-corrected chi connectivity index (χ0v) is 17.8. The Kier molecular flexibility index (Phi) is 8.72. The highest BCUT2D eigenvalue weighted by Crippen LogP contribution is 2.24. The second kappa shape index (κ2) is 10.8. The Morgan fingerprint density at radius 2 is 1.86 bits per heavy atom. The van der Waals surface area contributed by atoms with Gasteiger partial charge in [0.2, 0.25) is 10.0 Å². The molecule has 0 saturated carbocycles. The molecule has 0 atom stereocenters. The summed E-state index contributed by atoms with van der Waals surface area (Å²) in [5.74, 6) is 0.810. The van der Waals surface area contributed by atoms with Gasteiger partial charge in [-0.05, 0) is 63.3 Å². The zero-order valence-electron chi connectivity index (χ0n) is 17.0. The van der Waals surface area contributed by atoms with Crippen molar-refractivity contribution in [3.63, 3.8) is 0 Å². The molecule has 0 aromatic heterocycles. The molecular weight excluding hydrogens is 380 g/mol. The summed E-state index contributed by atoms with van der Waals surface area (Å²) in [6.07, 6.45) is 2.70. The summed E-state index contributed by atoms with van der Waals surface area (Å²) in [5, 5.41) is 2.76. The van der Waals surface area contributed by atoms with Crippen LogP contribution in [0.25, 0.3) is 0 Å². The van der Waals surface area contributed by atoms with E-state index in [1.165, 1.54) is 12.1 Å². The molecule has 28 heavy (non-hydrogen) atoms. The highest BCUT2D eigenvalue weighted by molar-refractivity contribution is 7.89. The van der Waals surface area contributed by atoms with Crippen LogP contribution in [-0.2, 0) is 19.6 Å². The molecule has 0 radical (unpaired) electrons. The van der Waals surface area contributed by atoms with E-state index in [-0.39, 0.29) is 23.5 Å². The topological polar surface area (TPSA) is 84.9 Å². The quantitative estimate of drug-likeness (QED) is 0.597. The van der Waals surface area contributed by atoms with E-state index in [2.05, 4.69) is 12.2 Å². The van der Waals surface area contributed by atoms with Gasteiger partial charge >= 0.3 is 0 Å². The molecule has 1 saturated heterocycles. The van der Waals surface area contributed by atoms with Gasteiger partial charge in [0.25, 0.3) is 5.91 Å². The lowest BCUT2D eigenvalue weighted by molar-refractivity contribution is -0.123. The fourth-order valence-corrected chi connectivity index (χ4v) is 4.37. The third kappa shape index (κ3) is 7.07. The average Bonchev–Trinajstić information content (AvgIpc) is 2.66. The number of rotatable bonds is 10. The molecule has 0 aliphatic carbocycles. The van der Waals surface area contributed by atoms with E-state index >= 15 is 0 Å². The Hall–Kier alpha value is -1.64. The van der Waals surface area contributed by atoms with Crippen molar-refractivity contribution in [1.82, 2.24) is 9.62 Å². The van der Waals surface area contributed by atoms with E-state index in [1.807, 2.05) is 13.8 Å². The van der Waals surface area contributed by atoms with Crippen molar-refractivity contribution in [3.8, 4) is 5.75 Å². The lowest BCUT2D eigenvalue weighted by atomic mass is 10.0. The molecule has 1 N–H and O–H groups in total. The van der Waals surface area contributed by atoms with Gasteiger partial charge in [0.05, 0.1) is 11.0 Å². The Bertz CT molecular complexity index is 711. The lowest BCUT2D eigenvalue weighted by Crippen LogP contribution is -2.37. The van der Waals surface area contributed by atoms with E-state index in [9.17, 15) is 13.2 Å². The molecule has 0 unspecified atom stereocenters. The molecule has 158 valence electrons. The molecule has 2 rings (SSSR count). The van der Waals surface area contributed by atoms with Crippen LogP contribution in [0, 0.1) is 5.92 Å². The maximum atomic E-state index is 12.7. The fourth-order valence-electron chi connectivity index (χ4n) is 2.90. The second-order valence-corrected chi connectivity index (χ2v) is 9.41. The molecule has 1 aliphatic heterocycles. The van der Waals surface area contributed by atoms with Gasteiger partial charge in [-0.15, -0.1) is 0 Å². The molecule has 1 aliphatic rings. The van der Waals surface area contributed by atoms with Gasteiger partial charge in [-0.3, -0.25) is 4.79 Å². The number of sulfonamides is 1. The van der Waals surface area contributed by atoms with E-state index in [0.717, 1.165) is 19.3 Å². The zero-order chi connectivity index (χ0) is 20.6. The number of hydrogen-bond donors (Lipinski definition) is 1. The van der Waals surface area contributed by atoms with Crippen LogP contribution in [0.1, 0.15) is 40.0 Å². The largest absolute Gasteiger partial charge is 0.484 e. The summed E-state index contributed by atoms with van der Waals surface area (Å²) in [7, 11) is -3.47. The van der Waals surface area contributed by atoms with E-state index in [4.69, 9.17) is 9.47 Å². The molecule has 1 aromatic rings. The first kappa shape index (κ1) is 22.6. The number of ether oxygens (including phenoxy) is 2. The van der Waals surface area contributed by atoms with Crippen LogP contribution >= 0.6 is 0 Å². The first-order chi connectivity index (χ1) is 13.3. The first-order valence-electron chi connectivity index (χ1n) is 9.90. The van der Waals surface area contributed by atoms with Gasteiger partial charge in [-0.2, -0.15) is 4.31 Å². The van der Waals surface area contributed by atoms with Crippen LogP contribution in [0.15, 0.2) is 29.2 Å². The van der Waals surface area contributed by atoms with Crippen molar-refractivity contribution in [2.24, 2.45) is 5.92 Å². The van der Waals surface area contributed by atoms with Gasteiger partial charge in [-0.25, -0.2) is 8.42 Å². The summed E-state index contributed by atoms with van der Waals surface area (Å²) < 4.78 is 37.8. The predicted octanol–water partition coefficient (Wildman–Crippen LogP) is 2.42. The number of hydrogen-bond acceptors (Lipinski definition) is 5. The van der Waals surface area contributed by atoms with Gasteiger partial charge in [0.1, 0.15) is 5.75 Å². The minimum absolute atomic E-state index is 0.110. The number of amides is 1. The molecule has 1 heterocycles. The summed E-state index contributed by atoms with van der Waals surface area (Å²) in [4.78, 5) is 12.0. The van der Waals surface area contributed by atoms with Crippen LogP contribution in [0.3, 0.4) is 0 Å². The number of carbonyl (C=O) groups is 1. The molecule has 7 nitrogen and oxygen atoms in total. The SMILES string of the molecule is CC1CCN(S(=O)(=O)c2ccc(OCC(=O)NCCCOC(C)C)cc2)CC1. The van der Waals surface area contributed by atoms with Crippen molar-refractivity contribution in [1.29, 1.82) is 0 Å². The molecule has 1 amide bonds. The minimum atomic E-state index is -3.47. The maximum absolute atomic E-state index is 12.7. The third-order valence-corrected chi connectivity index (χ3v) is 6.58. The predicted molar refractivity (Wildman–Crippen MR) is 108 cm³/mol. The van der Waals surface area contributed by atoms with Gasteiger partial charge in [0, 0.05) is 26.2 Å². The van der Waals surface area contributed by atoms with Crippen molar-refractivity contribution < 1.29 is 22.7 Å². The molecule has 0 bridgehead atoms. The van der Waals surface area contributed by atoms with Crippen molar-refractivity contribution in [2.75, 3.05) is 32.8 Å². The van der Waals surface area contributed by atoms with Gasteiger partial charge in [-0.1, -0.05) is 6.92 Å². The highest BCUT2D eigenvalue weighted by Gasteiger charge is 2.27. The fraction of sp³-hybridized carbons (Fsp3) is 0.650. The standard InChI is InChI=1S/C20H32N2O5S/c1-16(2)26-14-4-11-21-20(23)15-27-18-5-7-19(8-6-18)28(24,25)22-12-9-17(3)10-13-22/h5-8,16-17H,4,9-15H2,1-3H3,(H,21,23). The van der Waals surface area contributed by atoms with Gasteiger partial charge in [0.15, 0.2) is 6.61 Å². The number of carbonyl (C=O) groups excluding carboxylic acids is 1. The Balaban J connectivity index is 1.77. The monoisotopic (exact) mass is 412 g/mol. The molecular formula is C20H32N2O5S. The van der Waals surface area contributed by atoms with Crippen molar-refractivity contribution >= 4 is 15.9 Å². The summed E-state index contributed by atoms with van der Waals surface area (Å²) in [5.41, 5.74) is 0. The smallest absolute Gasteiger partial charge is 0.257 e. The van der Waals surface area contributed by atoms with Crippen molar-refractivity contribution in [3.05, 3.63) is 24.3 Å². The lowest BCUT2D eigenvalue weighted by Gasteiger charge is -2.29. The molecule has 1 aromatic carbocycles. The Morgan fingerprint density at radius 3 is 2.46 bits per heavy atom. The minimum Gasteiger partial charge on any atom is -0.484 e. The van der Waals surface area contributed by atoms with Crippen LogP contribution < -0.4 is 10.1 Å². The normalized spacial score (nSPS) is 16.3. The van der Waals surface area contributed by atoms with Gasteiger partial charge < -0.3 is 14.8 Å². The summed E-state index contributed by atoms with van der Waals surface area (Å²) in [6.45, 7) is 8.22. The molecule has 8 heteroatoms. The molecule has 1 fully saturated rings. The highest BCUT2D eigenvalue weighted by atomic mass is 32.2. The summed E-state index contributed by atoms with van der Waals surface area (Å²) in [6, 6.07) is 6.24. The number of nitrogens with zero attached hydrogens (tertiary/aromatic N) is 1. The Labute approximate surface area is 168 Å². The van der Waals surface area contributed by atoms with E-state index in [0.29, 0.717) is 37.9 Å². The average molecular weight is 413 g/mol. The second-order valence-electron chi connectivity index (χ2n) is 7.47. The first-order valence-corrected chi connectivity index (χ1v) is 11.3. The van der Waals surface area contributed by atoms with Crippen LogP contribution in [0.2, 0.25) is 0 Å². The Morgan fingerprint density at radius 1 is 1.21 bits per heavy atom. The number of nitrogens with one attached hydrogen (secondary N) is 1. The number of piperidine rings is 1. The maximum Gasteiger partial charge on any atom is 0.257 e. The number of benzene rings is 1. The van der Waals surface area contributed by atoms with Crippen molar-refractivity contribution in [2.45, 2.75) is 51.0 Å². The van der Waals surface area contributed by atoms with E-state index in [1.54, 1.807) is 16.4 Å². The van der Waals surface area contributed by atoms with E-state index < -0.39 is 10.0 Å². The third-order valence-electron chi connectivity index (χ3n) is 4.67. The molecule has 0 spiro atoms. The van der Waals surface area contributed by atoms with Crippen LogP contribution in [-0.4, -0.2) is 57.6 Å². The van der Waals surface area contributed by atoms with Crippen LogP contribution in [0.5, 0.6) is 5.75 Å². The summed E-state index contributed by atoms with van der Waals surface area (Å²) >= 11 is 0.